The number of sulfonamides is 1. The summed E-state index contributed by atoms with van der Waals surface area (Å²) in [7, 11) is -7.72. The highest BCUT2D eigenvalue weighted by Crippen LogP contribution is 2.20. The number of nitriles is 1. The number of carbonyl (C=O) groups excluding carboxylic acids is 1. The van der Waals surface area contributed by atoms with Gasteiger partial charge in [-0.1, -0.05) is 0 Å². The molecule has 0 aliphatic heterocycles. The second kappa shape index (κ2) is 8.69. The summed E-state index contributed by atoms with van der Waals surface area (Å²) < 4.78 is 55.9. The Labute approximate surface area is 163 Å². The number of nitrogens with zero attached hydrogens (tertiary/aromatic N) is 1. The van der Waals surface area contributed by atoms with Gasteiger partial charge in [0.25, 0.3) is 10.0 Å². The molecule has 0 unspecified atom stereocenters. The number of esters is 1. The van der Waals surface area contributed by atoms with Crippen molar-refractivity contribution in [2.24, 2.45) is 0 Å². The van der Waals surface area contributed by atoms with E-state index in [4.69, 9.17) is 10.00 Å². The van der Waals surface area contributed by atoms with E-state index in [1.165, 1.54) is 48.5 Å². The average molecular weight is 420 g/mol. The lowest BCUT2D eigenvalue weighted by atomic mass is 10.2. The van der Waals surface area contributed by atoms with Crippen molar-refractivity contribution in [1.29, 1.82) is 5.26 Å². The molecule has 8 nitrogen and oxygen atoms in total. The summed E-state index contributed by atoms with van der Waals surface area (Å²) in [6, 6.07) is 11.8. The van der Waals surface area contributed by atoms with E-state index in [9.17, 15) is 21.6 Å². The van der Waals surface area contributed by atoms with Gasteiger partial charge in [0.15, 0.2) is 0 Å². The zero-order chi connectivity index (χ0) is 20.8. The van der Waals surface area contributed by atoms with Crippen molar-refractivity contribution in [2.75, 3.05) is 11.3 Å². The summed E-state index contributed by atoms with van der Waals surface area (Å²) in [5.41, 5.74) is 0.374. The number of nitrogens with one attached hydrogen (secondary N) is 1. The molecule has 2 rings (SSSR count). The Balaban J connectivity index is 2.19. The fourth-order valence-corrected chi connectivity index (χ4v) is 4.08. The van der Waals surface area contributed by atoms with E-state index in [1.807, 2.05) is 0 Å². The predicted octanol–water partition coefficient (Wildman–Crippen LogP) is 2.48. The minimum absolute atomic E-state index is 0.0748. The van der Waals surface area contributed by atoms with Crippen LogP contribution in [0, 0.1) is 11.3 Å². The highest BCUT2D eigenvalue weighted by atomic mass is 32.2. The van der Waals surface area contributed by atoms with Crippen molar-refractivity contribution < 1.29 is 26.4 Å². The lowest BCUT2D eigenvalue weighted by molar-refractivity contribution is 0.0526. The van der Waals surface area contributed by atoms with E-state index in [1.54, 1.807) is 13.0 Å². The molecule has 0 fully saturated rings. The number of rotatable bonds is 7. The molecule has 2 aromatic rings. The van der Waals surface area contributed by atoms with Gasteiger partial charge in [0, 0.05) is 17.2 Å². The Morgan fingerprint density at radius 1 is 1.04 bits per heavy atom. The second-order valence-corrected chi connectivity index (χ2v) is 8.87. The number of benzene rings is 2. The van der Waals surface area contributed by atoms with Gasteiger partial charge in [0.05, 0.1) is 28.0 Å². The molecule has 0 heterocycles. The minimum atomic E-state index is -3.94. The summed E-state index contributed by atoms with van der Waals surface area (Å²) in [6.07, 6.45) is 0.839. The molecular weight excluding hydrogens is 404 g/mol. The predicted molar refractivity (Wildman–Crippen MR) is 102 cm³/mol. The molecule has 0 atom stereocenters. The van der Waals surface area contributed by atoms with Crippen LogP contribution in [0.25, 0.3) is 0 Å². The van der Waals surface area contributed by atoms with Crippen molar-refractivity contribution in [3.63, 3.8) is 0 Å². The molecule has 0 aromatic heterocycles. The van der Waals surface area contributed by atoms with E-state index in [2.05, 4.69) is 4.72 Å². The first-order valence-electron chi connectivity index (χ1n) is 7.91. The zero-order valence-corrected chi connectivity index (χ0v) is 16.3. The van der Waals surface area contributed by atoms with E-state index in [0.29, 0.717) is 0 Å². The molecule has 146 valence electrons. The van der Waals surface area contributed by atoms with Crippen molar-refractivity contribution >= 4 is 31.5 Å². The van der Waals surface area contributed by atoms with Crippen LogP contribution in [0.2, 0.25) is 0 Å². The maximum Gasteiger partial charge on any atom is 0.338 e. The summed E-state index contributed by atoms with van der Waals surface area (Å²) in [5, 5.41) is 9.19. The van der Waals surface area contributed by atoms with Crippen LogP contribution in [0.15, 0.2) is 69.8 Å². The summed E-state index contributed by atoms with van der Waals surface area (Å²) in [5.74, 6) is -0.554. The van der Waals surface area contributed by atoms with Gasteiger partial charge in [-0.15, -0.1) is 0 Å². The van der Waals surface area contributed by atoms with Gasteiger partial charge >= 0.3 is 5.97 Å². The standard InChI is InChI=1S/C18H16N2O6S2/c1-2-26-18(21)14-4-8-17(9-5-14)28(24,25)20-15-6-10-16(11-7-15)27(22,23)13-3-12-19/h3-11,13,20H,2H2,1H3. The first-order valence-corrected chi connectivity index (χ1v) is 10.9. The molecule has 0 amide bonds. The maximum absolute atomic E-state index is 12.4. The normalized spacial score (nSPS) is 11.7. The van der Waals surface area contributed by atoms with E-state index in [0.717, 1.165) is 11.5 Å². The Hall–Kier alpha value is -3.16. The van der Waals surface area contributed by atoms with Crippen LogP contribution in [0.3, 0.4) is 0 Å². The van der Waals surface area contributed by atoms with Crippen LogP contribution in [0.1, 0.15) is 17.3 Å². The third-order valence-corrected chi connectivity index (χ3v) is 6.25. The Morgan fingerprint density at radius 2 is 1.61 bits per heavy atom. The second-order valence-electron chi connectivity index (χ2n) is 5.35. The smallest absolute Gasteiger partial charge is 0.338 e. The molecular formula is C18H16N2O6S2. The third kappa shape index (κ3) is 5.18. The summed E-state index contributed by atoms with van der Waals surface area (Å²) in [6.45, 7) is 1.87. The number of sulfone groups is 1. The lowest BCUT2D eigenvalue weighted by Crippen LogP contribution is -2.13. The molecule has 0 bridgehead atoms. The van der Waals surface area contributed by atoms with Crippen LogP contribution in [0.4, 0.5) is 5.69 Å². The van der Waals surface area contributed by atoms with Gasteiger partial charge in [0.2, 0.25) is 9.84 Å². The summed E-state index contributed by atoms with van der Waals surface area (Å²) >= 11 is 0. The number of ether oxygens (including phenoxy) is 1. The topological polar surface area (TPSA) is 130 Å². The Morgan fingerprint density at radius 3 is 2.14 bits per heavy atom. The maximum atomic E-state index is 12.4. The van der Waals surface area contributed by atoms with E-state index in [-0.39, 0.29) is 27.6 Å². The third-order valence-electron chi connectivity index (χ3n) is 3.43. The zero-order valence-electron chi connectivity index (χ0n) is 14.7. The Kier molecular flexibility index (Phi) is 6.56. The molecule has 2 aromatic carbocycles. The highest BCUT2D eigenvalue weighted by Gasteiger charge is 2.16. The van der Waals surface area contributed by atoms with Crippen molar-refractivity contribution in [2.45, 2.75) is 16.7 Å². The van der Waals surface area contributed by atoms with Gasteiger partial charge in [-0.3, -0.25) is 4.72 Å². The van der Waals surface area contributed by atoms with Gasteiger partial charge in [-0.25, -0.2) is 21.6 Å². The molecule has 1 N–H and O–H groups in total. The van der Waals surface area contributed by atoms with Crippen LogP contribution >= 0.6 is 0 Å². The fraction of sp³-hybridized carbons (Fsp3) is 0.111. The molecule has 10 heteroatoms. The summed E-state index contributed by atoms with van der Waals surface area (Å²) in [4.78, 5) is 11.5. The van der Waals surface area contributed by atoms with Gasteiger partial charge in [0.1, 0.15) is 0 Å². The van der Waals surface area contributed by atoms with Crippen LogP contribution in [0.5, 0.6) is 0 Å². The molecule has 0 saturated carbocycles. The SMILES string of the molecule is CCOC(=O)c1ccc(S(=O)(=O)Nc2ccc(S(=O)(=O)C=CC#N)cc2)cc1. The first-order chi connectivity index (χ1) is 13.2. The van der Waals surface area contributed by atoms with Crippen LogP contribution < -0.4 is 4.72 Å². The highest BCUT2D eigenvalue weighted by molar-refractivity contribution is 7.94. The van der Waals surface area contributed by atoms with Gasteiger partial charge in [-0.05, 0) is 55.5 Å². The van der Waals surface area contributed by atoms with Gasteiger partial charge < -0.3 is 4.74 Å². The first kappa shape index (κ1) is 21.1. The van der Waals surface area contributed by atoms with Crippen molar-refractivity contribution in [1.82, 2.24) is 0 Å². The van der Waals surface area contributed by atoms with E-state index >= 15 is 0 Å². The number of carbonyl (C=O) groups is 1. The van der Waals surface area contributed by atoms with Gasteiger partial charge in [-0.2, -0.15) is 5.26 Å². The van der Waals surface area contributed by atoms with E-state index < -0.39 is 25.8 Å². The molecule has 0 spiro atoms. The Bertz CT molecular complexity index is 1130. The number of anilines is 1. The van der Waals surface area contributed by atoms with Crippen LogP contribution in [-0.2, 0) is 24.6 Å². The number of allylic oxidation sites excluding steroid dienone is 1. The number of hydrogen-bond acceptors (Lipinski definition) is 7. The quantitative estimate of drug-likeness (QED) is 0.538. The molecule has 0 radical (unpaired) electrons. The van der Waals surface area contributed by atoms with Crippen LogP contribution in [-0.4, -0.2) is 29.4 Å². The number of hydrogen-bond donors (Lipinski definition) is 1. The average Bonchev–Trinajstić information content (AvgIpc) is 2.67. The largest absolute Gasteiger partial charge is 0.462 e. The van der Waals surface area contributed by atoms with Crippen molar-refractivity contribution in [3.8, 4) is 6.07 Å². The molecule has 0 saturated heterocycles. The molecule has 0 aliphatic rings. The molecule has 28 heavy (non-hydrogen) atoms. The molecule has 0 aliphatic carbocycles. The fourth-order valence-electron chi connectivity index (χ4n) is 2.11. The minimum Gasteiger partial charge on any atom is -0.462 e. The van der Waals surface area contributed by atoms with Crippen molar-refractivity contribution in [3.05, 3.63) is 65.6 Å². The monoisotopic (exact) mass is 420 g/mol. The lowest BCUT2D eigenvalue weighted by Gasteiger charge is -2.09.